The van der Waals surface area contributed by atoms with Crippen molar-refractivity contribution in [2.75, 3.05) is 57.9 Å². The second-order valence-corrected chi connectivity index (χ2v) is 7.40. The van der Waals surface area contributed by atoms with Gasteiger partial charge in [-0.2, -0.15) is 0 Å². The molecule has 0 amide bonds. The van der Waals surface area contributed by atoms with Crippen molar-refractivity contribution in [3.05, 3.63) is 30.5 Å². The number of hydrogen-bond donors (Lipinski definition) is 0. The molecule has 146 valence electrons. The van der Waals surface area contributed by atoms with Gasteiger partial charge in [-0.15, -0.1) is 0 Å². The van der Waals surface area contributed by atoms with E-state index in [1.807, 2.05) is 24.4 Å². The molecule has 2 aromatic heterocycles. The first-order valence-electron chi connectivity index (χ1n) is 9.62. The Morgan fingerprint density at radius 1 is 1.11 bits per heavy atom. The van der Waals surface area contributed by atoms with Gasteiger partial charge in [0.2, 0.25) is 5.88 Å². The maximum absolute atomic E-state index is 5.44. The molecule has 28 heavy (non-hydrogen) atoms. The highest BCUT2D eigenvalue weighted by molar-refractivity contribution is 5.93. The van der Waals surface area contributed by atoms with Crippen LogP contribution in [0.15, 0.2) is 35.1 Å². The SMILES string of the molecule is COc1ccc(-c2cc(N3CC(CN4CCOCC4)C3)c3nonc3c2)cn1. The molecule has 0 unspecified atom stereocenters. The molecule has 0 bridgehead atoms. The standard InChI is InChI=1S/C20H23N5O3/c1-26-19-3-2-15(10-21-19)16-8-17-20(23-28-22-17)18(9-16)25-12-14(13-25)11-24-4-6-27-7-5-24/h2-3,8-10,14H,4-7,11-13H2,1H3. The Hall–Kier alpha value is -2.71. The summed E-state index contributed by atoms with van der Waals surface area (Å²) >= 11 is 0. The molecule has 2 saturated heterocycles. The van der Waals surface area contributed by atoms with Crippen LogP contribution < -0.4 is 9.64 Å². The van der Waals surface area contributed by atoms with Crippen LogP contribution in [-0.4, -0.2) is 73.2 Å². The molecule has 2 fully saturated rings. The molecule has 0 saturated carbocycles. The summed E-state index contributed by atoms with van der Waals surface area (Å²) in [7, 11) is 1.62. The fourth-order valence-electron chi connectivity index (χ4n) is 3.98. The number of pyridine rings is 1. The zero-order valence-electron chi connectivity index (χ0n) is 15.9. The average molecular weight is 381 g/mol. The van der Waals surface area contributed by atoms with Crippen LogP contribution in [0, 0.1) is 5.92 Å². The third-order valence-corrected chi connectivity index (χ3v) is 5.54. The Labute approximate surface area is 163 Å². The van der Waals surface area contributed by atoms with Gasteiger partial charge >= 0.3 is 0 Å². The number of nitrogens with zero attached hydrogens (tertiary/aromatic N) is 5. The van der Waals surface area contributed by atoms with E-state index in [1.54, 1.807) is 7.11 Å². The van der Waals surface area contributed by atoms with Gasteiger partial charge in [0.05, 0.1) is 26.0 Å². The van der Waals surface area contributed by atoms with Gasteiger partial charge in [0.25, 0.3) is 0 Å². The number of methoxy groups -OCH3 is 1. The molecule has 0 spiro atoms. The molecular weight excluding hydrogens is 358 g/mol. The lowest BCUT2D eigenvalue weighted by Gasteiger charge is -2.43. The normalized spacial score (nSPS) is 18.4. The summed E-state index contributed by atoms with van der Waals surface area (Å²) in [5.41, 5.74) is 4.71. The summed E-state index contributed by atoms with van der Waals surface area (Å²) in [6, 6.07) is 8.01. The third-order valence-electron chi connectivity index (χ3n) is 5.54. The van der Waals surface area contributed by atoms with Crippen LogP contribution in [0.1, 0.15) is 0 Å². The van der Waals surface area contributed by atoms with Crippen molar-refractivity contribution < 1.29 is 14.1 Å². The van der Waals surface area contributed by atoms with Gasteiger partial charge in [-0.05, 0) is 34.1 Å². The summed E-state index contributed by atoms with van der Waals surface area (Å²) in [4.78, 5) is 9.17. The largest absolute Gasteiger partial charge is 0.481 e. The second kappa shape index (κ2) is 7.37. The van der Waals surface area contributed by atoms with E-state index in [9.17, 15) is 0 Å². The van der Waals surface area contributed by atoms with Crippen LogP contribution in [-0.2, 0) is 4.74 Å². The highest BCUT2D eigenvalue weighted by Crippen LogP contribution is 2.35. The van der Waals surface area contributed by atoms with Gasteiger partial charge in [-0.3, -0.25) is 4.90 Å². The van der Waals surface area contributed by atoms with E-state index in [0.29, 0.717) is 11.8 Å². The molecule has 8 nitrogen and oxygen atoms in total. The predicted octanol–water partition coefficient (Wildman–Crippen LogP) is 2.06. The third kappa shape index (κ3) is 3.29. The van der Waals surface area contributed by atoms with E-state index in [-0.39, 0.29) is 0 Å². The molecular formula is C20H23N5O3. The fraction of sp³-hybridized carbons (Fsp3) is 0.450. The van der Waals surface area contributed by atoms with Crippen molar-refractivity contribution in [3.63, 3.8) is 0 Å². The fourth-order valence-corrected chi connectivity index (χ4v) is 3.98. The van der Waals surface area contributed by atoms with Crippen molar-refractivity contribution in [3.8, 4) is 17.0 Å². The number of hydrogen-bond acceptors (Lipinski definition) is 8. The molecule has 5 rings (SSSR count). The molecule has 2 aliphatic rings. The molecule has 1 aromatic carbocycles. The average Bonchev–Trinajstić information content (AvgIpc) is 3.19. The molecule has 4 heterocycles. The minimum Gasteiger partial charge on any atom is -0.481 e. The van der Waals surface area contributed by atoms with Crippen LogP contribution in [0.5, 0.6) is 5.88 Å². The first kappa shape index (κ1) is 17.4. The molecule has 0 atom stereocenters. The Balaban J connectivity index is 1.36. The first-order valence-corrected chi connectivity index (χ1v) is 9.62. The van der Waals surface area contributed by atoms with Crippen molar-refractivity contribution in [2.24, 2.45) is 5.92 Å². The van der Waals surface area contributed by atoms with E-state index in [2.05, 4.69) is 31.2 Å². The monoisotopic (exact) mass is 381 g/mol. The minimum absolute atomic E-state index is 0.599. The lowest BCUT2D eigenvalue weighted by Crippen LogP contribution is -2.53. The highest BCUT2D eigenvalue weighted by Gasteiger charge is 2.31. The summed E-state index contributed by atoms with van der Waals surface area (Å²) in [5.74, 6) is 1.26. The number of morpholine rings is 1. The summed E-state index contributed by atoms with van der Waals surface area (Å²) in [6.45, 7) is 6.93. The number of rotatable bonds is 5. The van der Waals surface area contributed by atoms with Crippen molar-refractivity contribution in [2.45, 2.75) is 0 Å². The van der Waals surface area contributed by atoms with Crippen LogP contribution >= 0.6 is 0 Å². The maximum atomic E-state index is 5.44. The van der Waals surface area contributed by atoms with Crippen molar-refractivity contribution >= 4 is 16.7 Å². The van der Waals surface area contributed by atoms with Crippen LogP contribution in [0.25, 0.3) is 22.2 Å². The Kier molecular flexibility index (Phi) is 4.58. The first-order chi connectivity index (χ1) is 13.8. The molecule has 8 heteroatoms. The van der Waals surface area contributed by atoms with E-state index in [1.165, 1.54) is 0 Å². The summed E-state index contributed by atoms with van der Waals surface area (Å²) in [5, 5.41) is 8.21. The number of benzene rings is 1. The molecule has 0 N–H and O–H groups in total. The van der Waals surface area contributed by atoms with E-state index >= 15 is 0 Å². The van der Waals surface area contributed by atoms with Gasteiger partial charge in [-0.25, -0.2) is 9.61 Å². The van der Waals surface area contributed by atoms with Gasteiger partial charge in [0.1, 0.15) is 5.52 Å². The summed E-state index contributed by atoms with van der Waals surface area (Å²) < 4.78 is 15.6. The number of aromatic nitrogens is 3. The highest BCUT2D eigenvalue weighted by atomic mass is 16.6. The van der Waals surface area contributed by atoms with E-state index in [0.717, 1.165) is 73.8 Å². The summed E-state index contributed by atoms with van der Waals surface area (Å²) in [6.07, 6.45) is 1.81. The molecule has 0 aliphatic carbocycles. The second-order valence-electron chi connectivity index (χ2n) is 7.40. The van der Waals surface area contributed by atoms with Crippen LogP contribution in [0.2, 0.25) is 0 Å². The Bertz CT molecular complexity index is 946. The lowest BCUT2D eigenvalue weighted by atomic mass is 9.96. The van der Waals surface area contributed by atoms with Gasteiger partial charge in [0, 0.05) is 56.5 Å². The van der Waals surface area contributed by atoms with Gasteiger partial charge in [0.15, 0.2) is 5.52 Å². The zero-order chi connectivity index (χ0) is 18.9. The lowest BCUT2D eigenvalue weighted by molar-refractivity contribution is 0.0286. The molecule has 3 aromatic rings. The Morgan fingerprint density at radius 3 is 2.71 bits per heavy atom. The topological polar surface area (TPSA) is 76.8 Å². The smallest absolute Gasteiger partial charge is 0.212 e. The van der Waals surface area contributed by atoms with Crippen LogP contribution in [0.4, 0.5) is 5.69 Å². The van der Waals surface area contributed by atoms with Crippen LogP contribution in [0.3, 0.4) is 0 Å². The number of fused-ring (bicyclic) bond motifs is 1. The van der Waals surface area contributed by atoms with Gasteiger partial charge in [-0.1, -0.05) is 0 Å². The molecule has 0 radical (unpaired) electrons. The number of anilines is 1. The predicted molar refractivity (Wildman–Crippen MR) is 105 cm³/mol. The maximum Gasteiger partial charge on any atom is 0.212 e. The zero-order valence-corrected chi connectivity index (χ0v) is 15.9. The number of ether oxygens (including phenoxy) is 2. The van der Waals surface area contributed by atoms with Crippen molar-refractivity contribution in [1.82, 2.24) is 20.2 Å². The van der Waals surface area contributed by atoms with E-state index in [4.69, 9.17) is 14.1 Å². The molecule has 2 aliphatic heterocycles. The van der Waals surface area contributed by atoms with E-state index < -0.39 is 0 Å². The van der Waals surface area contributed by atoms with Crippen molar-refractivity contribution in [1.29, 1.82) is 0 Å². The quantitative estimate of drug-likeness (QED) is 0.665. The van der Waals surface area contributed by atoms with Gasteiger partial charge < -0.3 is 14.4 Å². The Morgan fingerprint density at radius 2 is 1.96 bits per heavy atom. The minimum atomic E-state index is 0.599.